The molecule has 0 fully saturated rings. The molecule has 0 aromatic rings. The first-order valence-electron chi connectivity index (χ1n) is 5.70. The van der Waals surface area contributed by atoms with Crippen LogP contribution in [-0.4, -0.2) is 17.0 Å². The number of rotatable bonds is 7. The molecule has 0 radical (unpaired) electrons. The van der Waals surface area contributed by atoms with Crippen LogP contribution in [0.1, 0.15) is 40.5 Å². The molecule has 0 N–H and O–H groups in total. The second kappa shape index (κ2) is 5.35. The van der Waals surface area contributed by atoms with Crippen LogP contribution in [-0.2, 0) is 9.47 Å². The third kappa shape index (κ3) is 3.22. The van der Waals surface area contributed by atoms with Crippen LogP contribution in [0.4, 0.5) is 0 Å². The molecule has 0 aromatic heterocycles. The molecule has 0 aliphatic carbocycles. The summed E-state index contributed by atoms with van der Waals surface area (Å²) in [6.07, 6.45) is 3.86. The van der Waals surface area contributed by atoms with Gasteiger partial charge in [0.25, 0.3) is 0 Å². The topological polar surface area (TPSA) is 21.8 Å². The van der Waals surface area contributed by atoms with Crippen LogP contribution in [0.3, 0.4) is 0 Å². The van der Waals surface area contributed by atoms with Crippen molar-refractivity contribution in [1.82, 2.24) is 0 Å². The highest BCUT2D eigenvalue weighted by atomic mass is 79.9. The smallest absolute Gasteiger partial charge is 0.144 e. The number of alkyl halides is 1. The molecule has 1 aliphatic heterocycles. The minimum atomic E-state index is -0.0651. The second-order valence-electron chi connectivity index (χ2n) is 4.22. The molecule has 1 aliphatic rings. The normalized spacial score (nSPS) is 19.1. The van der Waals surface area contributed by atoms with Gasteiger partial charge < -0.3 is 9.47 Å². The summed E-state index contributed by atoms with van der Waals surface area (Å²) >= 11 is 3.52. The zero-order valence-corrected chi connectivity index (χ0v) is 11.6. The molecule has 1 heterocycles. The van der Waals surface area contributed by atoms with Crippen LogP contribution in [0.5, 0.6) is 0 Å². The van der Waals surface area contributed by atoms with Crippen molar-refractivity contribution in [3.63, 3.8) is 0 Å². The second-order valence-corrected chi connectivity index (χ2v) is 5.79. The van der Waals surface area contributed by atoms with Gasteiger partial charge in [-0.25, -0.2) is 0 Å². The van der Waals surface area contributed by atoms with Crippen LogP contribution >= 0.6 is 15.9 Å². The van der Waals surface area contributed by atoms with Crippen molar-refractivity contribution in [1.29, 1.82) is 0 Å². The fourth-order valence-corrected chi connectivity index (χ4v) is 2.10. The summed E-state index contributed by atoms with van der Waals surface area (Å²) in [6.45, 7) is 9.40. The van der Waals surface area contributed by atoms with Crippen LogP contribution < -0.4 is 0 Å². The first-order valence-corrected chi connectivity index (χ1v) is 6.62. The molecule has 15 heavy (non-hydrogen) atoms. The zero-order chi connectivity index (χ0) is 11.5. The lowest BCUT2D eigenvalue weighted by Crippen LogP contribution is -2.39. The first kappa shape index (κ1) is 13.0. The highest BCUT2D eigenvalue weighted by Gasteiger charge is 2.40. The number of hydrogen-bond donors (Lipinski definition) is 0. The highest BCUT2D eigenvalue weighted by molar-refractivity contribution is 9.09. The Morgan fingerprint density at radius 1 is 1.40 bits per heavy atom. The number of halogens is 1. The summed E-state index contributed by atoms with van der Waals surface area (Å²) in [6, 6.07) is 0. The van der Waals surface area contributed by atoms with Crippen molar-refractivity contribution >= 4 is 15.9 Å². The molecule has 0 bridgehead atoms. The third-order valence-corrected chi connectivity index (χ3v) is 3.53. The fraction of sp³-hybridized carbons (Fsp3) is 0.833. The molecule has 1 rings (SSSR count). The highest BCUT2D eigenvalue weighted by Crippen LogP contribution is 2.39. The van der Waals surface area contributed by atoms with E-state index in [4.69, 9.17) is 9.47 Å². The minimum Gasteiger partial charge on any atom is -0.462 e. The predicted octanol–water partition coefficient (Wildman–Crippen LogP) is 3.85. The van der Waals surface area contributed by atoms with Gasteiger partial charge in [-0.2, -0.15) is 0 Å². The van der Waals surface area contributed by atoms with Crippen molar-refractivity contribution in [3.8, 4) is 0 Å². The van der Waals surface area contributed by atoms with E-state index in [1.807, 2.05) is 6.26 Å². The van der Waals surface area contributed by atoms with Crippen molar-refractivity contribution in [2.24, 2.45) is 5.92 Å². The van der Waals surface area contributed by atoms with Gasteiger partial charge >= 0.3 is 0 Å². The van der Waals surface area contributed by atoms with Gasteiger partial charge in [0.05, 0.1) is 12.2 Å². The van der Waals surface area contributed by atoms with Gasteiger partial charge in [0.2, 0.25) is 0 Å². The Balaban J connectivity index is 2.62. The van der Waals surface area contributed by atoms with Crippen LogP contribution in [0.15, 0.2) is 12.0 Å². The van der Waals surface area contributed by atoms with E-state index >= 15 is 0 Å². The zero-order valence-electron chi connectivity index (χ0n) is 10.0. The lowest BCUT2D eigenvalue weighted by molar-refractivity contribution is -0.0799. The monoisotopic (exact) mass is 276 g/mol. The number of ether oxygens (including phenoxy) is 2. The quantitative estimate of drug-likeness (QED) is 0.659. The predicted molar refractivity (Wildman–Crippen MR) is 66.0 cm³/mol. The van der Waals surface area contributed by atoms with E-state index in [1.165, 1.54) is 0 Å². The van der Waals surface area contributed by atoms with Crippen molar-refractivity contribution < 1.29 is 9.47 Å². The summed E-state index contributed by atoms with van der Waals surface area (Å²) in [5.74, 6) is 1.44. The average molecular weight is 277 g/mol. The Morgan fingerprint density at radius 2 is 1.93 bits per heavy atom. The lowest BCUT2D eigenvalue weighted by atomic mass is 9.83. The Labute approximate surface area is 101 Å². The molecule has 0 saturated heterocycles. The molecular weight excluding hydrogens is 256 g/mol. The maximum atomic E-state index is 6.08. The van der Waals surface area contributed by atoms with Gasteiger partial charge in [0.1, 0.15) is 12.0 Å². The van der Waals surface area contributed by atoms with Gasteiger partial charge in [-0.05, 0) is 12.8 Å². The molecule has 0 spiro atoms. The summed E-state index contributed by atoms with van der Waals surface area (Å²) in [5, 5.41) is 0. The van der Waals surface area contributed by atoms with E-state index < -0.39 is 0 Å². The molecule has 2 nitrogen and oxygen atoms in total. The van der Waals surface area contributed by atoms with Gasteiger partial charge in [0.15, 0.2) is 0 Å². The van der Waals surface area contributed by atoms with Crippen molar-refractivity contribution in [2.75, 3.05) is 6.61 Å². The Kier molecular flexibility index (Phi) is 4.65. The van der Waals surface area contributed by atoms with Crippen molar-refractivity contribution in [2.45, 2.75) is 51.0 Å². The van der Waals surface area contributed by atoms with Gasteiger partial charge in [-0.3, -0.25) is 0 Å². The molecule has 0 saturated carbocycles. The third-order valence-electron chi connectivity index (χ3n) is 3.27. The van der Waals surface area contributed by atoms with Crippen LogP contribution in [0, 0.1) is 5.92 Å². The number of hydrogen-bond acceptors (Lipinski definition) is 2. The summed E-state index contributed by atoms with van der Waals surface area (Å²) in [7, 11) is 0. The van der Waals surface area contributed by atoms with E-state index in [9.17, 15) is 0 Å². The van der Waals surface area contributed by atoms with E-state index in [2.05, 4.69) is 43.6 Å². The standard InChI is InChI=1S/C12H21BrO2/c1-5-12(6-2,15-7-9(3)13)10(4)11-8-14-11/h8-10H,5-7H2,1-4H3. The first-order chi connectivity index (χ1) is 7.05. The molecule has 0 amide bonds. The van der Waals surface area contributed by atoms with Gasteiger partial charge in [-0.1, -0.05) is 43.6 Å². The summed E-state index contributed by atoms with van der Waals surface area (Å²) in [4.78, 5) is 0.399. The van der Waals surface area contributed by atoms with Gasteiger partial charge in [0, 0.05) is 10.7 Å². The molecule has 2 atom stereocenters. The maximum absolute atomic E-state index is 6.08. The van der Waals surface area contributed by atoms with E-state index in [0.717, 1.165) is 25.2 Å². The average Bonchev–Trinajstić information content (AvgIpc) is 3.02. The van der Waals surface area contributed by atoms with Gasteiger partial charge in [-0.15, -0.1) is 0 Å². The largest absolute Gasteiger partial charge is 0.462 e. The molecular formula is C12H21BrO2. The molecule has 88 valence electrons. The molecule has 3 heteroatoms. The summed E-state index contributed by atoms with van der Waals surface area (Å²) < 4.78 is 11.3. The SMILES string of the molecule is CCC(CC)(OCC(C)Br)C(C)C1=CO1. The minimum absolute atomic E-state index is 0.0651. The Hall–Kier alpha value is -0.0200. The Morgan fingerprint density at radius 3 is 2.27 bits per heavy atom. The molecule has 0 aromatic carbocycles. The Bertz CT molecular complexity index is 232. The summed E-state index contributed by atoms with van der Waals surface area (Å²) in [5.41, 5.74) is -0.0651. The lowest BCUT2D eigenvalue weighted by Gasteiger charge is -2.36. The molecule has 2 unspecified atom stereocenters. The van der Waals surface area contributed by atoms with Crippen LogP contribution in [0.2, 0.25) is 0 Å². The van der Waals surface area contributed by atoms with Crippen molar-refractivity contribution in [3.05, 3.63) is 12.0 Å². The van der Waals surface area contributed by atoms with Crippen LogP contribution in [0.25, 0.3) is 0 Å². The fourth-order valence-electron chi connectivity index (χ4n) is 1.97. The van der Waals surface area contributed by atoms with E-state index in [1.54, 1.807) is 0 Å². The van der Waals surface area contributed by atoms with E-state index in [0.29, 0.717) is 10.7 Å². The van der Waals surface area contributed by atoms with E-state index in [-0.39, 0.29) is 5.60 Å². The maximum Gasteiger partial charge on any atom is 0.144 e.